The lowest BCUT2D eigenvalue weighted by molar-refractivity contribution is 0.0955. The molecule has 5 heteroatoms. The topological polar surface area (TPSA) is 54.6 Å². The number of aryl methyl sites for hydroxylation is 2. The van der Waals surface area contributed by atoms with Gasteiger partial charge in [0.15, 0.2) is 0 Å². The molecule has 3 rings (SSSR count). The summed E-state index contributed by atoms with van der Waals surface area (Å²) in [6.45, 7) is 3.97. The van der Waals surface area contributed by atoms with E-state index in [-0.39, 0.29) is 5.91 Å². The Morgan fingerprint density at radius 1 is 1.08 bits per heavy atom. The minimum absolute atomic E-state index is 0.256. The smallest absolute Gasteiger partial charge is 0.271 e. The Morgan fingerprint density at radius 2 is 1.88 bits per heavy atom. The third-order valence-corrected chi connectivity index (χ3v) is 4.31. The number of nitrogens with one attached hydrogen (secondary N) is 1. The molecule has 0 aliphatic heterocycles. The summed E-state index contributed by atoms with van der Waals surface area (Å²) in [4.78, 5) is 12.0. The Labute approximate surface area is 154 Å². The minimum atomic E-state index is -0.256. The second-order valence-electron chi connectivity index (χ2n) is 5.75. The van der Waals surface area contributed by atoms with Crippen molar-refractivity contribution in [1.82, 2.24) is 5.43 Å². The van der Waals surface area contributed by atoms with Crippen molar-refractivity contribution in [2.45, 2.75) is 13.8 Å². The molecule has 0 unspecified atom stereocenters. The number of hydrogen-bond donors (Lipinski definition) is 1. The Balaban J connectivity index is 1.69. The molecule has 4 nitrogen and oxygen atoms in total. The van der Waals surface area contributed by atoms with Gasteiger partial charge in [-0.15, -0.1) is 0 Å². The Morgan fingerprint density at radius 3 is 2.64 bits per heavy atom. The highest BCUT2D eigenvalue weighted by molar-refractivity contribution is 9.10. The molecular formula is C20H17BrN2O2. The number of furan rings is 1. The molecule has 2 aromatic carbocycles. The number of rotatable bonds is 4. The number of carbonyl (C=O) groups is 1. The fourth-order valence-corrected chi connectivity index (χ4v) is 3.08. The van der Waals surface area contributed by atoms with Crippen LogP contribution in [0.2, 0.25) is 0 Å². The summed E-state index contributed by atoms with van der Waals surface area (Å²) < 4.78 is 6.74. The SMILES string of the molecule is Cc1cccc(C(=O)N/N=C\c2ccc(-c3ccc(C)cc3Br)o2)c1. The van der Waals surface area contributed by atoms with Gasteiger partial charge in [-0.3, -0.25) is 4.79 Å². The molecule has 0 saturated heterocycles. The second kappa shape index (κ2) is 7.49. The van der Waals surface area contributed by atoms with E-state index in [1.807, 2.05) is 62.4 Å². The van der Waals surface area contributed by atoms with Gasteiger partial charge in [0.2, 0.25) is 0 Å². The molecule has 0 spiro atoms. The quantitative estimate of drug-likeness (QED) is 0.493. The molecule has 1 aromatic heterocycles. The molecule has 1 amide bonds. The van der Waals surface area contributed by atoms with E-state index in [1.165, 1.54) is 11.8 Å². The van der Waals surface area contributed by atoms with Crippen LogP contribution in [0.15, 0.2) is 68.6 Å². The van der Waals surface area contributed by atoms with Gasteiger partial charge in [0, 0.05) is 15.6 Å². The van der Waals surface area contributed by atoms with Crippen molar-refractivity contribution in [3.8, 4) is 11.3 Å². The van der Waals surface area contributed by atoms with Gasteiger partial charge in [-0.25, -0.2) is 5.43 Å². The Bertz CT molecular complexity index is 944. The van der Waals surface area contributed by atoms with Crippen LogP contribution in [0.1, 0.15) is 27.2 Å². The van der Waals surface area contributed by atoms with Crippen molar-refractivity contribution in [3.63, 3.8) is 0 Å². The summed E-state index contributed by atoms with van der Waals surface area (Å²) >= 11 is 3.55. The van der Waals surface area contributed by atoms with Crippen LogP contribution in [-0.4, -0.2) is 12.1 Å². The summed E-state index contributed by atoms with van der Waals surface area (Å²) in [5, 5.41) is 3.96. The van der Waals surface area contributed by atoms with Crippen molar-refractivity contribution in [1.29, 1.82) is 0 Å². The van der Waals surface area contributed by atoms with Crippen LogP contribution in [0.25, 0.3) is 11.3 Å². The molecule has 1 heterocycles. The number of carbonyl (C=O) groups excluding carboxylic acids is 1. The van der Waals surface area contributed by atoms with Crippen LogP contribution in [-0.2, 0) is 0 Å². The van der Waals surface area contributed by atoms with E-state index >= 15 is 0 Å². The highest BCUT2D eigenvalue weighted by Gasteiger charge is 2.08. The first-order chi connectivity index (χ1) is 12.0. The molecule has 0 atom stereocenters. The van der Waals surface area contributed by atoms with Crippen molar-refractivity contribution >= 4 is 28.1 Å². The van der Waals surface area contributed by atoms with Gasteiger partial charge in [-0.05, 0) is 55.8 Å². The van der Waals surface area contributed by atoms with Crippen molar-refractivity contribution in [2.24, 2.45) is 5.10 Å². The molecule has 0 aliphatic rings. The first-order valence-corrected chi connectivity index (χ1v) is 8.58. The molecule has 3 aromatic rings. The zero-order valence-electron chi connectivity index (χ0n) is 13.9. The highest BCUT2D eigenvalue weighted by Crippen LogP contribution is 2.30. The molecule has 0 bridgehead atoms. The minimum Gasteiger partial charge on any atom is -0.455 e. The zero-order valence-corrected chi connectivity index (χ0v) is 15.5. The number of nitrogens with zero attached hydrogens (tertiary/aromatic N) is 1. The van der Waals surface area contributed by atoms with Gasteiger partial charge in [-0.2, -0.15) is 5.10 Å². The third-order valence-electron chi connectivity index (χ3n) is 3.65. The Kier molecular flexibility index (Phi) is 5.14. The largest absolute Gasteiger partial charge is 0.455 e. The maximum atomic E-state index is 12.0. The van der Waals surface area contributed by atoms with Gasteiger partial charge < -0.3 is 4.42 Å². The average molecular weight is 397 g/mol. The van der Waals surface area contributed by atoms with Gasteiger partial charge in [0.1, 0.15) is 11.5 Å². The number of hydrazone groups is 1. The van der Waals surface area contributed by atoms with E-state index in [1.54, 1.807) is 6.07 Å². The van der Waals surface area contributed by atoms with Gasteiger partial charge in [-0.1, -0.05) is 39.7 Å². The van der Waals surface area contributed by atoms with Crippen LogP contribution in [0.5, 0.6) is 0 Å². The van der Waals surface area contributed by atoms with Crippen molar-refractivity contribution in [2.75, 3.05) is 0 Å². The van der Waals surface area contributed by atoms with Crippen LogP contribution in [0, 0.1) is 13.8 Å². The fourth-order valence-electron chi connectivity index (χ4n) is 2.39. The first-order valence-electron chi connectivity index (χ1n) is 7.79. The molecule has 0 radical (unpaired) electrons. The van der Waals surface area contributed by atoms with Gasteiger partial charge in [0.25, 0.3) is 5.91 Å². The third kappa shape index (κ3) is 4.25. The molecule has 0 saturated carbocycles. The van der Waals surface area contributed by atoms with Gasteiger partial charge in [0.05, 0.1) is 6.21 Å². The van der Waals surface area contributed by atoms with Gasteiger partial charge >= 0.3 is 0 Å². The lowest BCUT2D eigenvalue weighted by atomic mass is 10.1. The second-order valence-corrected chi connectivity index (χ2v) is 6.61. The van der Waals surface area contributed by atoms with E-state index in [4.69, 9.17) is 4.42 Å². The van der Waals surface area contributed by atoms with E-state index in [0.29, 0.717) is 11.3 Å². The van der Waals surface area contributed by atoms with Crippen molar-refractivity contribution < 1.29 is 9.21 Å². The van der Waals surface area contributed by atoms with Crippen LogP contribution in [0.3, 0.4) is 0 Å². The molecule has 0 aliphatic carbocycles. The Hall–Kier alpha value is -2.66. The molecule has 25 heavy (non-hydrogen) atoms. The van der Waals surface area contributed by atoms with E-state index in [9.17, 15) is 4.79 Å². The number of halogens is 1. The molecule has 0 fully saturated rings. The summed E-state index contributed by atoms with van der Waals surface area (Å²) in [7, 11) is 0. The van der Waals surface area contributed by atoms with Crippen LogP contribution < -0.4 is 5.43 Å². The van der Waals surface area contributed by atoms with Crippen molar-refractivity contribution in [3.05, 3.63) is 81.5 Å². The highest BCUT2D eigenvalue weighted by atomic mass is 79.9. The monoisotopic (exact) mass is 396 g/mol. The molecular weight excluding hydrogens is 380 g/mol. The fraction of sp³-hybridized carbons (Fsp3) is 0.100. The number of benzene rings is 2. The first kappa shape index (κ1) is 17.2. The van der Waals surface area contributed by atoms with E-state index in [0.717, 1.165) is 21.4 Å². The maximum absolute atomic E-state index is 12.0. The normalized spacial score (nSPS) is 11.0. The predicted octanol–water partition coefficient (Wildman–Crippen LogP) is 5.09. The number of amides is 1. The maximum Gasteiger partial charge on any atom is 0.271 e. The van der Waals surface area contributed by atoms with E-state index in [2.05, 4.69) is 26.5 Å². The average Bonchev–Trinajstić information content (AvgIpc) is 3.03. The summed E-state index contributed by atoms with van der Waals surface area (Å²) in [6, 6.07) is 17.1. The summed E-state index contributed by atoms with van der Waals surface area (Å²) in [6.07, 6.45) is 1.49. The van der Waals surface area contributed by atoms with E-state index < -0.39 is 0 Å². The van der Waals surface area contributed by atoms with Crippen LogP contribution in [0.4, 0.5) is 0 Å². The standard InChI is InChI=1S/C20H17BrN2O2/c1-13-4-3-5-15(10-13)20(24)23-22-12-16-7-9-19(25-16)17-8-6-14(2)11-18(17)21/h3-12H,1-2H3,(H,23,24)/b22-12-. The lowest BCUT2D eigenvalue weighted by Gasteiger charge is -2.02. The predicted molar refractivity (Wildman–Crippen MR) is 103 cm³/mol. The zero-order chi connectivity index (χ0) is 17.8. The summed E-state index contributed by atoms with van der Waals surface area (Å²) in [5.74, 6) is 1.04. The molecule has 126 valence electrons. The molecule has 1 N–H and O–H groups in total. The lowest BCUT2D eigenvalue weighted by Crippen LogP contribution is -2.17. The number of hydrogen-bond acceptors (Lipinski definition) is 3. The summed E-state index contributed by atoms with van der Waals surface area (Å²) in [5.41, 5.74) is 6.23. The van der Waals surface area contributed by atoms with Crippen LogP contribution >= 0.6 is 15.9 Å².